The van der Waals surface area contributed by atoms with Crippen LogP contribution in [0, 0.1) is 62.1 Å². The van der Waals surface area contributed by atoms with Gasteiger partial charge in [-0.25, -0.2) is 0 Å². The molecule has 1 N–H and O–H groups in total. The van der Waals surface area contributed by atoms with Crippen LogP contribution in [0.4, 0.5) is 0 Å². The van der Waals surface area contributed by atoms with Gasteiger partial charge in [-0.15, -0.1) is 0 Å². The van der Waals surface area contributed by atoms with Gasteiger partial charge in [0, 0.05) is 31.0 Å². The molecule has 6 rings (SSSR count). The number of rotatable bonds is 10. The van der Waals surface area contributed by atoms with Gasteiger partial charge in [-0.1, -0.05) is 60.6 Å². The summed E-state index contributed by atoms with van der Waals surface area (Å²) in [6, 6.07) is 0.349. The third-order valence-corrected chi connectivity index (χ3v) is 17.5. The highest BCUT2D eigenvalue weighted by atomic mass is 16.5. The van der Waals surface area contributed by atoms with Gasteiger partial charge < -0.3 is 19.6 Å². The van der Waals surface area contributed by atoms with Gasteiger partial charge >= 0.3 is 11.9 Å². The number of carboxylic acid groups (broad SMARTS) is 1. The second-order valence-electron chi connectivity index (χ2n) is 21.6. The van der Waals surface area contributed by atoms with Crippen molar-refractivity contribution < 1.29 is 24.2 Å². The normalized spacial score (nSPS) is 42.5. The number of ether oxygens (including phenoxy) is 1. The molecule has 5 aliphatic carbocycles. The Morgan fingerprint density at radius 2 is 1.58 bits per heavy atom. The molecule has 7 nitrogen and oxygen atoms in total. The number of carboxylic acids is 1. The molecule has 294 valence electrons. The first-order valence-electron chi connectivity index (χ1n) is 21.1. The average Bonchev–Trinajstić information content (AvgIpc) is 3.63. The number of carbonyl (C=O) groups excluding carboxylic acids is 2. The van der Waals surface area contributed by atoms with Gasteiger partial charge in [0.25, 0.3) is 0 Å². The summed E-state index contributed by atoms with van der Waals surface area (Å²) >= 11 is 0. The fraction of sp³-hybridized carbons (Fsp3) is 0.889. The molecule has 5 saturated carbocycles. The van der Waals surface area contributed by atoms with Gasteiger partial charge in [-0.3, -0.25) is 14.4 Å². The molecule has 6 fully saturated rings. The third-order valence-electron chi connectivity index (χ3n) is 17.5. The maximum absolute atomic E-state index is 14.3. The van der Waals surface area contributed by atoms with Gasteiger partial charge in [0.15, 0.2) is 0 Å². The van der Waals surface area contributed by atoms with E-state index in [-0.39, 0.29) is 52.0 Å². The van der Waals surface area contributed by atoms with E-state index in [0.29, 0.717) is 41.5 Å². The van der Waals surface area contributed by atoms with Crippen molar-refractivity contribution in [2.75, 3.05) is 27.2 Å². The Bertz CT molecular complexity index is 1420. The minimum atomic E-state index is -0.878. The number of amides is 1. The number of fused-ring (bicyclic) bond motifs is 7. The molecule has 0 radical (unpaired) electrons. The molecule has 0 spiro atoms. The molecule has 1 aliphatic heterocycles. The van der Waals surface area contributed by atoms with Gasteiger partial charge in [-0.05, 0) is 155 Å². The summed E-state index contributed by atoms with van der Waals surface area (Å²) in [5, 5.41) is 9.36. The lowest BCUT2D eigenvalue weighted by Crippen LogP contribution is -2.67. The number of hydrogen-bond donors (Lipinski definition) is 1. The van der Waals surface area contributed by atoms with Crippen LogP contribution in [0.15, 0.2) is 12.2 Å². The van der Waals surface area contributed by atoms with E-state index in [2.05, 4.69) is 72.0 Å². The molecular formula is C45H74N2O5. The summed E-state index contributed by atoms with van der Waals surface area (Å²) < 4.78 is 6.30. The van der Waals surface area contributed by atoms with Crippen LogP contribution in [0.25, 0.3) is 0 Å². The third kappa shape index (κ3) is 6.51. The number of hydrogen-bond acceptors (Lipinski definition) is 5. The Labute approximate surface area is 316 Å². The first-order chi connectivity index (χ1) is 24.1. The van der Waals surface area contributed by atoms with Crippen LogP contribution >= 0.6 is 0 Å². The zero-order valence-corrected chi connectivity index (χ0v) is 34.7. The van der Waals surface area contributed by atoms with Crippen LogP contribution in [-0.2, 0) is 19.1 Å². The molecule has 0 unspecified atom stereocenters. The van der Waals surface area contributed by atoms with Gasteiger partial charge in [0.1, 0.15) is 6.10 Å². The lowest BCUT2D eigenvalue weighted by atomic mass is 9.32. The highest BCUT2D eigenvalue weighted by Gasteiger charge is 2.71. The zero-order valence-electron chi connectivity index (χ0n) is 34.7. The molecule has 0 bridgehead atoms. The summed E-state index contributed by atoms with van der Waals surface area (Å²) in [5.74, 6) is 1.99. The van der Waals surface area contributed by atoms with Gasteiger partial charge in [-0.2, -0.15) is 0 Å². The predicted molar refractivity (Wildman–Crippen MR) is 207 cm³/mol. The minimum absolute atomic E-state index is 0.0437. The summed E-state index contributed by atoms with van der Waals surface area (Å²) in [7, 11) is 4.26. The summed E-state index contributed by atoms with van der Waals surface area (Å²) in [6.07, 6.45) is 14.4. The maximum atomic E-state index is 14.3. The number of aliphatic carboxylic acids is 1. The van der Waals surface area contributed by atoms with E-state index in [0.717, 1.165) is 58.0 Å². The quantitative estimate of drug-likeness (QED) is 0.179. The topological polar surface area (TPSA) is 87.2 Å². The molecule has 1 amide bonds. The lowest BCUT2D eigenvalue weighted by Gasteiger charge is -2.73. The number of likely N-dealkylation sites (N-methyl/N-ethyl adjacent to an activating group) is 1. The van der Waals surface area contributed by atoms with Crippen LogP contribution in [0.5, 0.6) is 0 Å². The van der Waals surface area contributed by atoms with Crippen LogP contribution in [0.1, 0.15) is 152 Å². The van der Waals surface area contributed by atoms with E-state index in [1.807, 2.05) is 13.8 Å². The van der Waals surface area contributed by atoms with Crippen molar-refractivity contribution in [2.45, 2.75) is 164 Å². The molecule has 1 heterocycles. The summed E-state index contributed by atoms with van der Waals surface area (Å²) in [5.41, 5.74) is 1.23. The standard InChI is InChI=1S/C45H74N2O5/c1-29(2)31-16-21-45(25-36(48)47-24-12-13-30(47)28-46(10)11)23-22-43(8)32(39(31)45)14-15-34-42(7)19-18-35(41(5,6)33(42)17-20-44(34,43)9)52-38(51)27-40(3,4)26-37(49)50/h30-35,39H,1,12-28H2,2-11H3,(H,49,50)/t30-,31+,32-,33+,34-,35+,39-,42+,43-,44-,45-/m1/s1. The number of allylic oxidation sites excluding steroid dienone is 1. The first-order valence-corrected chi connectivity index (χ1v) is 21.1. The fourth-order valence-corrected chi connectivity index (χ4v) is 15.0. The number of nitrogens with zero attached hydrogens (tertiary/aromatic N) is 2. The summed E-state index contributed by atoms with van der Waals surface area (Å²) in [4.78, 5) is 43.5. The van der Waals surface area contributed by atoms with E-state index in [1.165, 1.54) is 44.1 Å². The molecule has 52 heavy (non-hydrogen) atoms. The van der Waals surface area contributed by atoms with Crippen molar-refractivity contribution in [2.24, 2.45) is 62.1 Å². The molecule has 0 aromatic heterocycles. The molecule has 0 aromatic rings. The Kier molecular flexibility index (Phi) is 10.5. The molecule has 6 aliphatic rings. The van der Waals surface area contributed by atoms with Gasteiger partial charge in [0.2, 0.25) is 5.91 Å². The fourth-order valence-electron chi connectivity index (χ4n) is 15.0. The van der Waals surface area contributed by atoms with Crippen molar-refractivity contribution >= 4 is 17.8 Å². The highest BCUT2D eigenvalue weighted by molar-refractivity contribution is 5.78. The zero-order chi connectivity index (χ0) is 38.2. The largest absolute Gasteiger partial charge is 0.481 e. The number of carbonyl (C=O) groups is 3. The van der Waals surface area contributed by atoms with E-state index >= 15 is 0 Å². The van der Waals surface area contributed by atoms with Crippen molar-refractivity contribution in [3.05, 3.63) is 12.2 Å². The number of likely N-dealkylation sites (tertiary alicyclic amines) is 1. The molecule has 0 aromatic carbocycles. The Balaban J connectivity index is 1.23. The lowest BCUT2D eigenvalue weighted by molar-refractivity contribution is -0.250. The second kappa shape index (κ2) is 13.7. The van der Waals surface area contributed by atoms with Crippen LogP contribution in [-0.4, -0.2) is 72.1 Å². The van der Waals surface area contributed by atoms with E-state index in [4.69, 9.17) is 4.74 Å². The van der Waals surface area contributed by atoms with E-state index in [1.54, 1.807) is 0 Å². The van der Waals surface area contributed by atoms with Crippen LogP contribution < -0.4 is 0 Å². The van der Waals surface area contributed by atoms with Crippen LogP contribution in [0.3, 0.4) is 0 Å². The van der Waals surface area contributed by atoms with Crippen molar-refractivity contribution in [1.82, 2.24) is 9.80 Å². The van der Waals surface area contributed by atoms with Crippen molar-refractivity contribution in [3.63, 3.8) is 0 Å². The molecule has 7 heteroatoms. The highest BCUT2D eigenvalue weighted by Crippen LogP contribution is 2.78. The average molecular weight is 723 g/mol. The first kappa shape index (κ1) is 39.8. The Morgan fingerprint density at radius 3 is 2.23 bits per heavy atom. The molecule has 1 saturated heterocycles. The number of esters is 1. The monoisotopic (exact) mass is 723 g/mol. The maximum Gasteiger partial charge on any atom is 0.306 e. The van der Waals surface area contributed by atoms with E-state index < -0.39 is 11.4 Å². The van der Waals surface area contributed by atoms with Gasteiger partial charge in [0.05, 0.1) is 12.8 Å². The Morgan fingerprint density at radius 1 is 0.865 bits per heavy atom. The predicted octanol–water partition coefficient (Wildman–Crippen LogP) is 9.39. The SMILES string of the molecule is C=C(C)[C@@H]1CC[C@]2(CC(=O)N3CCC[C@@H]3CN(C)C)CC[C@]3(C)[C@H](CC[C@@H]4[C@@]5(C)CC[C@H](OC(=O)CC(C)(C)CC(=O)O)C(C)(C)[C@@H]5CC[C@]43C)[C@@H]12. The molecule has 11 atom stereocenters. The van der Waals surface area contributed by atoms with Crippen molar-refractivity contribution in [1.29, 1.82) is 0 Å². The molecular weight excluding hydrogens is 649 g/mol. The van der Waals surface area contributed by atoms with E-state index in [9.17, 15) is 19.5 Å². The van der Waals surface area contributed by atoms with Crippen LogP contribution in [0.2, 0.25) is 0 Å². The minimum Gasteiger partial charge on any atom is -0.481 e. The Hall–Kier alpha value is -1.89. The smallest absolute Gasteiger partial charge is 0.306 e. The second-order valence-corrected chi connectivity index (χ2v) is 21.6. The van der Waals surface area contributed by atoms with Crippen molar-refractivity contribution in [3.8, 4) is 0 Å². The summed E-state index contributed by atoms with van der Waals surface area (Å²) in [6.45, 7) is 25.1.